The van der Waals surface area contributed by atoms with E-state index in [0.717, 1.165) is 31.7 Å². The minimum Gasteiger partial charge on any atom is -0.395 e. The van der Waals surface area contributed by atoms with Gasteiger partial charge < -0.3 is 5.11 Å². The number of pyridine rings is 1. The fraction of sp³-hybridized carbons (Fsp3) is 0.583. The molecule has 1 aromatic rings. The number of rotatable bonds is 6. The van der Waals surface area contributed by atoms with Gasteiger partial charge >= 0.3 is 0 Å². The molecule has 84 valence electrons. The van der Waals surface area contributed by atoms with Crippen molar-refractivity contribution in [3.8, 4) is 0 Å². The zero-order valence-electron chi connectivity index (χ0n) is 9.61. The Hall–Kier alpha value is -0.930. The summed E-state index contributed by atoms with van der Waals surface area (Å²) in [4.78, 5) is 6.52. The van der Waals surface area contributed by atoms with Crippen LogP contribution in [0.3, 0.4) is 0 Å². The Morgan fingerprint density at radius 3 is 2.80 bits per heavy atom. The third-order valence-electron chi connectivity index (χ3n) is 2.47. The van der Waals surface area contributed by atoms with E-state index < -0.39 is 0 Å². The number of aryl methyl sites for hydroxylation is 1. The third kappa shape index (κ3) is 3.98. The molecule has 0 atom stereocenters. The van der Waals surface area contributed by atoms with Crippen LogP contribution in [-0.4, -0.2) is 34.7 Å². The predicted molar refractivity (Wildman–Crippen MR) is 61.6 cm³/mol. The summed E-state index contributed by atoms with van der Waals surface area (Å²) >= 11 is 0. The molecule has 3 nitrogen and oxygen atoms in total. The minimum atomic E-state index is 0.222. The first kappa shape index (κ1) is 12.1. The zero-order valence-corrected chi connectivity index (χ0v) is 9.61. The van der Waals surface area contributed by atoms with E-state index in [9.17, 15) is 0 Å². The highest BCUT2D eigenvalue weighted by Crippen LogP contribution is 2.08. The molecule has 0 bridgehead atoms. The number of aromatic nitrogens is 1. The Morgan fingerprint density at radius 1 is 1.40 bits per heavy atom. The second-order valence-corrected chi connectivity index (χ2v) is 3.75. The van der Waals surface area contributed by atoms with Crippen LogP contribution in [0.5, 0.6) is 0 Å². The summed E-state index contributed by atoms with van der Waals surface area (Å²) in [6.45, 7) is 7.04. The SMILES string of the molecule is CCCN(CCO)Cc1cccnc1C. The first-order valence-electron chi connectivity index (χ1n) is 5.51. The second-order valence-electron chi connectivity index (χ2n) is 3.75. The van der Waals surface area contributed by atoms with Crippen molar-refractivity contribution in [3.63, 3.8) is 0 Å². The molecule has 0 aliphatic rings. The van der Waals surface area contributed by atoms with E-state index in [1.165, 1.54) is 5.56 Å². The summed E-state index contributed by atoms with van der Waals surface area (Å²) in [5, 5.41) is 8.95. The van der Waals surface area contributed by atoms with Gasteiger partial charge in [0.25, 0.3) is 0 Å². The average molecular weight is 208 g/mol. The van der Waals surface area contributed by atoms with Crippen molar-refractivity contribution in [3.05, 3.63) is 29.6 Å². The Morgan fingerprint density at radius 2 is 2.20 bits per heavy atom. The number of aliphatic hydroxyl groups is 1. The van der Waals surface area contributed by atoms with Gasteiger partial charge in [0.05, 0.1) is 6.61 Å². The van der Waals surface area contributed by atoms with Gasteiger partial charge in [-0.3, -0.25) is 9.88 Å². The highest BCUT2D eigenvalue weighted by Gasteiger charge is 2.06. The van der Waals surface area contributed by atoms with Crippen LogP contribution < -0.4 is 0 Å². The van der Waals surface area contributed by atoms with Crippen LogP contribution in [0, 0.1) is 6.92 Å². The molecule has 1 N–H and O–H groups in total. The van der Waals surface area contributed by atoms with E-state index in [1.807, 2.05) is 19.2 Å². The topological polar surface area (TPSA) is 36.4 Å². The minimum absolute atomic E-state index is 0.222. The van der Waals surface area contributed by atoms with Gasteiger partial charge in [0, 0.05) is 25.0 Å². The lowest BCUT2D eigenvalue weighted by Crippen LogP contribution is -2.27. The Balaban J connectivity index is 2.60. The lowest BCUT2D eigenvalue weighted by molar-refractivity contribution is 0.190. The van der Waals surface area contributed by atoms with Crippen LogP contribution in [0.25, 0.3) is 0 Å². The quantitative estimate of drug-likeness (QED) is 0.771. The molecule has 0 amide bonds. The number of hydrogen-bond acceptors (Lipinski definition) is 3. The molecule has 0 saturated heterocycles. The molecule has 0 spiro atoms. The van der Waals surface area contributed by atoms with Crippen molar-refractivity contribution >= 4 is 0 Å². The van der Waals surface area contributed by atoms with Gasteiger partial charge in [0.1, 0.15) is 0 Å². The van der Waals surface area contributed by atoms with Crippen LogP contribution in [0.4, 0.5) is 0 Å². The summed E-state index contributed by atoms with van der Waals surface area (Å²) < 4.78 is 0. The van der Waals surface area contributed by atoms with Gasteiger partial charge in [-0.15, -0.1) is 0 Å². The van der Waals surface area contributed by atoms with E-state index in [2.05, 4.69) is 22.9 Å². The third-order valence-corrected chi connectivity index (χ3v) is 2.47. The molecular weight excluding hydrogens is 188 g/mol. The number of nitrogens with zero attached hydrogens (tertiary/aromatic N) is 2. The molecular formula is C12H20N2O. The van der Waals surface area contributed by atoms with Gasteiger partial charge in [0.15, 0.2) is 0 Å². The summed E-state index contributed by atoms with van der Waals surface area (Å²) in [5.41, 5.74) is 2.33. The molecule has 15 heavy (non-hydrogen) atoms. The van der Waals surface area contributed by atoms with Crippen LogP contribution in [0.2, 0.25) is 0 Å². The standard InChI is InChI=1S/C12H20N2O/c1-3-7-14(8-9-15)10-12-5-4-6-13-11(12)2/h4-6,15H,3,7-10H2,1-2H3. The van der Waals surface area contributed by atoms with E-state index in [0.29, 0.717) is 0 Å². The molecule has 1 heterocycles. The second kappa shape index (κ2) is 6.53. The highest BCUT2D eigenvalue weighted by molar-refractivity contribution is 5.17. The lowest BCUT2D eigenvalue weighted by atomic mass is 10.2. The lowest BCUT2D eigenvalue weighted by Gasteiger charge is -2.21. The van der Waals surface area contributed by atoms with Crippen molar-refractivity contribution in [1.82, 2.24) is 9.88 Å². The van der Waals surface area contributed by atoms with Crippen LogP contribution >= 0.6 is 0 Å². The molecule has 1 aromatic heterocycles. The van der Waals surface area contributed by atoms with Crippen molar-refractivity contribution in [2.75, 3.05) is 19.7 Å². The monoisotopic (exact) mass is 208 g/mol. The van der Waals surface area contributed by atoms with Gasteiger partial charge in [-0.2, -0.15) is 0 Å². The molecule has 0 aliphatic heterocycles. The van der Waals surface area contributed by atoms with Gasteiger partial charge in [-0.25, -0.2) is 0 Å². The van der Waals surface area contributed by atoms with Gasteiger partial charge in [0.2, 0.25) is 0 Å². The van der Waals surface area contributed by atoms with E-state index in [1.54, 1.807) is 0 Å². The first-order chi connectivity index (χ1) is 7.27. The van der Waals surface area contributed by atoms with Crippen LogP contribution in [0.1, 0.15) is 24.6 Å². The molecule has 0 saturated carbocycles. The Bertz CT molecular complexity index is 283. The maximum absolute atomic E-state index is 8.95. The highest BCUT2D eigenvalue weighted by atomic mass is 16.3. The molecule has 0 fully saturated rings. The van der Waals surface area contributed by atoms with Crippen LogP contribution in [0.15, 0.2) is 18.3 Å². The summed E-state index contributed by atoms with van der Waals surface area (Å²) in [5.74, 6) is 0. The van der Waals surface area contributed by atoms with Crippen molar-refractivity contribution in [1.29, 1.82) is 0 Å². The predicted octanol–water partition coefficient (Wildman–Crippen LogP) is 1.59. The summed E-state index contributed by atoms with van der Waals surface area (Å²) in [6, 6.07) is 4.06. The molecule has 0 aromatic carbocycles. The zero-order chi connectivity index (χ0) is 11.1. The van der Waals surface area contributed by atoms with E-state index >= 15 is 0 Å². The van der Waals surface area contributed by atoms with Gasteiger partial charge in [-0.05, 0) is 31.5 Å². The summed E-state index contributed by atoms with van der Waals surface area (Å²) in [7, 11) is 0. The fourth-order valence-electron chi connectivity index (χ4n) is 1.65. The fourth-order valence-corrected chi connectivity index (χ4v) is 1.65. The smallest absolute Gasteiger partial charge is 0.0558 e. The first-order valence-corrected chi connectivity index (χ1v) is 5.51. The molecule has 0 radical (unpaired) electrons. The van der Waals surface area contributed by atoms with Gasteiger partial charge in [-0.1, -0.05) is 13.0 Å². The molecule has 3 heteroatoms. The largest absolute Gasteiger partial charge is 0.395 e. The van der Waals surface area contributed by atoms with E-state index in [4.69, 9.17) is 5.11 Å². The average Bonchev–Trinajstić information content (AvgIpc) is 2.22. The normalized spacial score (nSPS) is 10.9. The molecule has 0 aliphatic carbocycles. The van der Waals surface area contributed by atoms with Crippen molar-refractivity contribution in [2.24, 2.45) is 0 Å². The molecule has 0 unspecified atom stereocenters. The van der Waals surface area contributed by atoms with E-state index in [-0.39, 0.29) is 6.61 Å². The summed E-state index contributed by atoms with van der Waals surface area (Å²) in [6.07, 6.45) is 2.92. The number of aliphatic hydroxyl groups excluding tert-OH is 1. The maximum Gasteiger partial charge on any atom is 0.0558 e. The van der Waals surface area contributed by atoms with Crippen LogP contribution in [-0.2, 0) is 6.54 Å². The Kier molecular flexibility index (Phi) is 5.29. The maximum atomic E-state index is 8.95. The molecule has 1 rings (SSSR count). The van der Waals surface area contributed by atoms with Crippen molar-refractivity contribution < 1.29 is 5.11 Å². The number of hydrogen-bond donors (Lipinski definition) is 1. The van der Waals surface area contributed by atoms with Crippen molar-refractivity contribution in [2.45, 2.75) is 26.8 Å². The Labute approximate surface area is 91.8 Å².